The minimum absolute atomic E-state index is 0.0521. The standard InChI is InChI=1S/C24H18F3N5O3/c1-14-20(21-16(13-33)12-31(29-21)18-7-3-5-15(9-18)11-28)22(34)30(2)23(35)32(14)19-8-4-6-17(10-19)24(25,26)27/h3-10,12,33H,13H2,1-2H3. The zero-order valence-electron chi connectivity index (χ0n) is 18.5. The second kappa shape index (κ2) is 8.73. The van der Waals surface area contributed by atoms with Crippen LogP contribution in [0.2, 0.25) is 0 Å². The fourth-order valence-electron chi connectivity index (χ4n) is 3.80. The SMILES string of the molecule is Cc1c(-c2nn(-c3cccc(C#N)c3)cc2CO)c(=O)n(C)c(=O)n1-c1cccc(C(F)(F)F)c1. The molecule has 0 spiro atoms. The molecule has 0 radical (unpaired) electrons. The number of halogens is 3. The maximum atomic E-state index is 13.3. The van der Waals surface area contributed by atoms with Crippen LogP contribution in [0.3, 0.4) is 0 Å². The predicted molar refractivity (Wildman–Crippen MR) is 120 cm³/mol. The van der Waals surface area contributed by atoms with Crippen LogP contribution < -0.4 is 11.2 Å². The number of aliphatic hydroxyl groups is 1. The molecule has 4 rings (SSSR count). The molecule has 0 atom stereocenters. The molecule has 0 aliphatic rings. The zero-order valence-corrected chi connectivity index (χ0v) is 18.5. The lowest BCUT2D eigenvalue weighted by molar-refractivity contribution is -0.137. The maximum Gasteiger partial charge on any atom is 0.416 e. The van der Waals surface area contributed by atoms with Crippen LogP contribution in [0.5, 0.6) is 0 Å². The molecule has 0 saturated heterocycles. The van der Waals surface area contributed by atoms with Gasteiger partial charge in [0, 0.05) is 24.5 Å². The average Bonchev–Trinajstić information content (AvgIpc) is 3.26. The Morgan fingerprint density at radius 1 is 1.09 bits per heavy atom. The quantitative estimate of drug-likeness (QED) is 0.482. The molecule has 4 aromatic rings. The molecular weight excluding hydrogens is 463 g/mol. The van der Waals surface area contributed by atoms with Crippen LogP contribution in [0.4, 0.5) is 13.2 Å². The molecule has 0 aliphatic carbocycles. The van der Waals surface area contributed by atoms with Gasteiger partial charge in [-0.15, -0.1) is 0 Å². The second-order valence-electron chi connectivity index (χ2n) is 7.76. The Hall–Kier alpha value is -4.43. The highest BCUT2D eigenvalue weighted by Gasteiger charge is 2.31. The van der Waals surface area contributed by atoms with Gasteiger partial charge in [-0.1, -0.05) is 12.1 Å². The van der Waals surface area contributed by atoms with Crippen LogP contribution in [0, 0.1) is 18.3 Å². The van der Waals surface area contributed by atoms with E-state index in [-0.39, 0.29) is 28.2 Å². The number of nitrogens with zero attached hydrogens (tertiary/aromatic N) is 5. The monoisotopic (exact) mass is 481 g/mol. The van der Waals surface area contributed by atoms with Gasteiger partial charge in [-0.05, 0) is 43.3 Å². The molecule has 11 heteroatoms. The van der Waals surface area contributed by atoms with Crippen molar-refractivity contribution in [3.8, 4) is 28.7 Å². The summed E-state index contributed by atoms with van der Waals surface area (Å²) >= 11 is 0. The Kier molecular flexibility index (Phi) is 5.92. The van der Waals surface area contributed by atoms with Gasteiger partial charge >= 0.3 is 11.9 Å². The van der Waals surface area contributed by atoms with E-state index < -0.39 is 29.6 Å². The molecular formula is C24H18F3N5O3. The van der Waals surface area contributed by atoms with Crippen LogP contribution in [-0.4, -0.2) is 24.0 Å². The van der Waals surface area contributed by atoms with E-state index >= 15 is 0 Å². The smallest absolute Gasteiger partial charge is 0.392 e. The van der Waals surface area contributed by atoms with E-state index in [9.17, 15) is 27.9 Å². The van der Waals surface area contributed by atoms with Crippen molar-refractivity contribution in [2.45, 2.75) is 19.7 Å². The molecule has 0 bridgehead atoms. The topological polar surface area (TPSA) is 106 Å². The number of hydrogen-bond donors (Lipinski definition) is 1. The van der Waals surface area contributed by atoms with Gasteiger partial charge < -0.3 is 5.11 Å². The third kappa shape index (κ3) is 4.15. The number of nitriles is 1. The molecule has 1 N–H and O–H groups in total. The van der Waals surface area contributed by atoms with Gasteiger partial charge in [0.15, 0.2) is 0 Å². The van der Waals surface area contributed by atoms with Crippen molar-refractivity contribution in [1.29, 1.82) is 5.26 Å². The van der Waals surface area contributed by atoms with Crippen molar-refractivity contribution in [3.05, 3.63) is 98.0 Å². The van der Waals surface area contributed by atoms with Crippen LogP contribution >= 0.6 is 0 Å². The first-order valence-corrected chi connectivity index (χ1v) is 10.3. The highest BCUT2D eigenvalue weighted by Crippen LogP contribution is 2.31. The molecule has 178 valence electrons. The molecule has 2 aromatic carbocycles. The summed E-state index contributed by atoms with van der Waals surface area (Å²) < 4.78 is 43.0. The molecule has 2 aromatic heterocycles. The highest BCUT2D eigenvalue weighted by molar-refractivity contribution is 5.65. The molecule has 0 saturated carbocycles. The van der Waals surface area contributed by atoms with E-state index in [0.717, 1.165) is 21.3 Å². The lowest BCUT2D eigenvalue weighted by Gasteiger charge is -2.16. The summed E-state index contributed by atoms with van der Waals surface area (Å²) in [5.41, 5.74) is -1.40. The Balaban J connectivity index is 1.99. The number of alkyl halides is 3. The molecule has 8 nitrogen and oxygen atoms in total. The first-order valence-electron chi connectivity index (χ1n) is 10.3. The third-order valence-corrected chi connectivity index (χ3v) is 5.56. The fraction of sp³-hybridized carbons (Fsp3) is 0.167. The summed E-state index contributed by atoms with van der Waals surface area (Å²) in [6.07, 6.45) is -3.15. The lowest BCUT2D eigenvalue weighted by atomic mass is 10.1. The van der Waals surface area contributed by atoms with Crippen molar-refractivity contribution in [2.75, 3.05) is 0 Å². The lowest BCUT2D eigenvalue weighted by Crippen LogP contribution is -2.39. The maximum absolute atomic E-state index is 13.3. The number of rotatable bonds is 4. The molecule has 0 fully saturated rings. The summed E-state index contributed by atoms with van der Waals surface area (Å²) in [6, 6.07) is 12.7. The van der Waals surface area contributed by atoms with E-state index in [1.54, 1.807) is 24.3 Å². The van der Waals surface area contributed by atoms with Crippen molar-refractivity contribution >= 4 is 0 Å². The normalized spacial score (nSPS) is 11.5. The molecule has 2 heterocycles. The second-order valence-corrected chi connectivity index (χ2v) is 7.76. The first-order chi connectivity index (χ1) is 16.6. The summed E-state index contributed by atoms with van der Waals surface area (Å²) in [5, 5.41) is 23.5. The van der Waals surface area contributed by atoms with Crippen molar-refractivity contribution < 1.29 is 18.3 Å². The Morgan fingerprint density at radius 2 is 1.77 bits per heavy atom. The Bertz CT molecular complexity index is 1610. The molecule has 0 aliphatic heterocycles. The minimum atomic E-state index is -4.63. The van der Waals surface area contributed by atoms with E-state index in [2.05, 4.69) is 5.10 Å². The summed E-state index contributed by atoms with van der Waals surface area (Å²) in [5.74, 6) is 0. The fourth-order valence-corrected chi connectivity index (χ4v) is 3.80. The number of aliphatic hydroxyl groups excluding tert-OH is 1. The summed E-state index contributed by atoms with van der Waals surface area (Å²) in [4.78, 5) is 26.1. The first kappa shape index (κ1) is 23.7. The molecule has 0 amide bonds. The van der Waals surface area contributed by atoms with Crippen LogP contribution in [0.25, 0.3) is 22.6 Å². The van der Waals surface area contributed by atoms with Crippen LogP contribution in [-0.2, 0) is 19.8 Å². The third-order valence-electron chi connectivity index (χ3n) is 5.56. The van der Waals surface area contributed by atoms with E-state index in [1.165, 1.54) is 37.0 Å². The number of aromatic nitrogens is 4. The van der Waals surface area contributed by atoms with Gasteiger partial charge in [-0.2, -0.15) is 23.5 Å². The zero-order chi connectivity index (χ0) is 25.5. The number of benzene rings is 2. The molecule has 0 unspecified atom stereocenters. The molecule has 35 heavy (non-hydrogen) atoms. The average molecular weight is 481 g/mol. The van der Waals surface area contributed by atoms with Crippen molar-refractivity contribution in [2.24, 2.45) is 7.05 Å². The van der Waals surface area contributed by atoms with Gasteiger partial charge in [0.05, 0.1) is 40.7 Å². The number of hydrogen-bond acceptors (Lipinski definition) is 5. The van der Waals surface area contributed by atoms with Crippen LogP contribution in [0.15, 0.2) is 64.3 Å². The van der Waals surface area contributed by atoms with E-state index in [4.69, 9.17) is 5.26 Å². The van der Waals surface area contributed by atoms with E-state index in [0.29, 0.717) is 11.3 Å². The summed E-state index contributed by atoms with van der Waals surface area (Å²) in [6.45, 7) is 0.924. The summed E-state index contributed by atoms with van der Waals surface area (Å²) in [7, 11) is 1.21. The largest absolute Gasteiger partial charge is 0.416 e. The van der Waals surface area contributed by atoms with Crippen molar-refractivity contribution in [3.63, 3.8) is 0 Å². The van der Waals surface area contributed by atoms with Crippen LogP contribution in [0.1, 0.15) is 22.4 Å². The minimum Gasteiger partial charge on any atom is -0.392 e. The van der Waals surface area contributed by atoms with E-state index in [1.807, 2.05) is 6.07 Å². The van der Waals surface area contributed by atoms with Gasteiger partial charge in [-0.3, -0.25) is 13.9 Å². The predicted octanol–water partition coefficient (Wildman–Crippen LogP) is 3.08. The van der Waals surface area contributed by atoms with Gasteiger partial charge in [-0.25, -0.2) is 9.48 Å². The Morgan fingerprint density at radius 3 is 2.43 bits per heavy atom. The highest BCUT2D eigenvalue weighted by atomic mass is 19.4. The van der Waals surface area contributed by atoms with Gasteiger partial charge in [0.25, 0.3) is 5.56 Å². The van der Waals surface area contributed by atoms with Gasteiger partial charge in [0.1, 0.15) is 5.69 Å². The van der Waals surface area contributed by atoms with Crippen molar-refractivity contribution in [1.82, 2.24) is 18.9 Å². The van der Waals surface area contributed by atoms with Gasteiger partial charge in [0.2, 0.25) is 0 Å². The Labute approximate surface area is 196 Å².